The number of carbonyl (C=O) groups is 1. The van der Waals surface area contributed by atoms with Crippen LogP contribution in [0, 0.1) is 5.92 Å². The third kappa shape index (κ3) is 5.29. The van der Waals surface area contributed by atoms with Crippen molar-refractivity contribution >= 4 is 29.3 Å². The Hall–Kier alpha value is -0.0900. The average molecular weight is 425 g/mol. The fourth-order valence-electron chi connectivity index (χ4n) is 4.11. The van der Waals surface area contributed by atoms with Crippen LogP contribution in [-0.2, 0) is 9.53 Å². The summed E-state index contributed by atoms with van der Waals surface area (Å²) in [5.41, 5.74) is -0.702. The van der Waals surface area contributed by atoms with Gasteiger partial charge in [-0.3, -0.25) is 9.69 Å². The van der Waals surface area contributed by atoms with E-state index in [1.54, 1.807) is 13.2 Å². The van der Waals surface area contributed by atoms with Crippen molar-refractivity contribution in [2.75, 3.05) is 19.8 Å². The van der Waals surface area contributed by atoms with Crippen LogP contribution >= 0.6 is 23.4 Å². The summed E-state index contributed by atoms with van der Waals surface area (Å²) in [5, 5.41) is 33.0. The molecule has 0 aliphatic carbocycles. The number of aliphatic hydroxyl groups excluding tert-OH is 3. The summed E-state index contributed by atoms with van der Waals surface area (Å²) < 4.78 is 5.79. The summed E-state index contributed by atoms with van der Waals surface area (Å²) in [7, 11) is 1.94. The predicted octanol–water partition coefficient (Wildman–Crippen LogP) is 0.390. The van der Waals surface area contributed by atoms with Gasteiger partial charge < -0.3 is 25.4 Å². The molecule has 2 fully saturated rings. The molecule has 158 valence electrons. The van der Waals surface area contributed by atoms with E-state index in [9.17, 15) is 20.1 Å². The van der Waals surface area contributed by atoms with Gasteiger partial charge in [0.05, 0.1) is 17.5 Å². The minimum atomic E-state index is -1.36. The maximum Gasteiger partial charge on any atom is 0.237 e. The van der Waals surface area contributed by atoms with Gasteiger partial charge in [0.1, 0.15) is 29.9 Å². The Kier molecular flexibility index (Phi) is 8.67. The Morgan fingerprint density at radius 2 is 2.00 bits per heavy atom. The Balaban J connectivity index is 2.09. The minimum Gasteiger partial charge on any atom is -0.388 e. The molecule has 9 heteroatoms. The van der Waals surface area contributed by atoms with Crippen LogP contribution in [0.2, 0.25) is 0 Å². The Morgan fingerprint density at radius 1 is 1.33 bits per heavy atom. The summed E-state index contributed by atoms with van der Waals surface area (Å²) >= 11 is 7.55. The van der Waals surface area contributed by atoms with E-state index >= 15 is 0 Å². The second kappa shape index (κ2) is 10.1. The molecule has 0 aromatic rings. The summed E-state index contributed by atoms with van der Waals surface area (Å²) in [6, 6.07) is -0.934. The standard InChI is InChI=1S/C18H33ClN2O5S/c1-5-6-10-7-11(21(3)8-10)17(25)20-12(9(2)19)16-14(23)13(22)15(24)18(26-16)27-4/h9-16,18,22-24H,5-8H2,1-4H3,(H,20,25)/t9?,10-,11?,12?,13+,14+,15?,16?,18+/m0/s1. The molecule has 7 nitrogen and oxygen atoms in total. The predicted molar refractivity (Wildman–Crippen MR) is 107 cm³/mol. The van der Waals surface area contributed by atoms with E-state index in [1.807, 2.05) is 11.9 Å². The number of aliphatic hydroxyl groups is 3. The largest absolute Gasteiger partial charge is 0.388 e. The molecular formula is C18H33ClN2O5S. The van der Waals surface area contributed by atoms with Crippen LogP contribution in [-0.4, -0.2) is 93.3 Å². The van der Waals surface area contributed by atoms with E-state index in [4.69, 9.17) is 16.3 Å². The van der Waals surface area contributed by atoms with Crippen LogP contribution in [0.4, 0.5) is 0 Å². The first-order valence-electron chi connectivity index (χ1n) is 9.58. The molecule has 0 aromatic carbocycles. The number of halogens is 1. The third-order valence-electron chi connectivity index (χ3n) is 5.63. The van der Waals surface area contributed by atoms with Gasteiger partial charge in [0.25, 0.3) is 0 Å². The van der Waals surface area contributed by atoms with E-state index in [1.165, 1.54) is 11.8 Å². The highest BCUT2D eigenvalue weighted by atomic mass is 35.5. The fraction of sp³-hybridized carbons (Fsp3) is 0.944. The van der Waals surface area contributed by atoms with Gasteiger partial charge in [-0.1, -0.05) is 13.3 Å². The number of rotatable bonds is 7. The highest BCUT2D eigenvalue weighted by Crippen LogP contribution is 2.31. The van der Waals surface area contributed by atoms with Crippen LogP contribution < -0.4 is 5.32 Å². The van der Waals surface area contributed by atoms with Crippen molar-refractivity contribution in [3.05, 3.63) is 0 Å². The van der Waals surface area contributed by atoms with E-state index < -0.39 is 41.3 Å². The molecule has 2 aliphatic heterocycles. The molecule has 0 saturated carbocycles. The van der Waals surface area contributed by atoms with Gasteiger partial charge in [-0.05, 0) is 39.0 Å². The number of likely N-dealkylation sites (tertiary alicyclic amines) is 1. The molecule has 5 unspecified atom stereocenters. The lowest BCUT2D eigenvalue weighted by Crippen LogP contribution is -2.65. The highest BCUT2D eigenvalue weighted by Gasteiger charge is 2.48. The van der Waals surface area contributed by atoms with Gasteiger partial charge in [-0.2, -0.15) is 0 Å². The van der Waals surface area contributed by atoms with Crippen LogP contribution in [0.3, 0.4) is 0 Å². The van der Waals surface area contributed by atoms with Gasteiger partial charge in [0.2, 0.25) is 5.91 Å². The second-order valence-corrected chi connectivity index (χ2v) is 9.36. The van der Waals surface area contributed by atoms with E-state index in [-0.39, 0.29) is 11.9 Å². The van der Waals surface area contributed by atoms with Crippen molar-refractivity contribution in [2.24, 2.45) is 5.92 Å². The number of amides is 1. The van der Waals surface area contributed by atoms with E-state index in [2.05, 4.69) is 12.2 Å². The normalized spacial score (nSPS) is 39.9. The monoisotopic (exact) mass is 424 g/mol. The molecule has 2 saturated heterocycles. The van der Waals surface area contributed by atoms with Crippen molar-refractivity contribution in [1.82, 2.24) is 10.2 Å². The number of thioether (sulfide) groups is 1. The lowest BCUT2D eigenvalue weighted by molar-refractivity contribution is -0.205. The number of likely N-dealkylation sites (N-methyl/N-ethyl adjacent to an activating group) is 1. The number of ether oxygens (including phenoxy) is 1. The van der Waals surface area contributed by atoms with Gasteiger partial charge in [0.15, 0.2) is 0 Å². The third-order valence-corrected chi connectivity index (χ3v) is 6.76. The van der Waals surface area contributed by atoms with Crippen molar-refractivity contribution < 1.29 is 24.9 Å². The molecule has 27 heavy (non-hydrogen) atoms. The minimum absolute atomic E-state index is 0.147. The second-order valence-electron chi connectivity index (χ2n) is 7.73. The highest BCUT2D eigenvalue weighted by molar-refractivity contribution is 7.99. The Morgan fingerprint density at radius 3 is 2.56 bits per heavy atom. The molecule has 9 atom stereocenters. The zero-order valence-corrected chi connectivity index (χ0v) is 18.0. The molecule has 4 N–H and O–H groups in total. The number of nitrogens with zero attached hydrogens (tertiary/aromatic N) is 1. The lowest BCUT2D eigenvalue weighted by Gasteiger charge is -2.44. The molecule has 2 heterocycles. The molecule has 0 spiro atoms. The zero-order chi connectivity index (χ0) is 20.3. The van der Waals surface area contributed by atoms with Gasteiger partial charge >= 0.3 is 0 Å². The van der Waals surface area contributed by atoms with Crippen molar-refractivity contribution in [3.8, 4) is 0 Å². The van der Waals surface area contributed by atoms with Gasteiger partial charge in [-0.15, -0.1) is 23.4 Å². The van der Waals surface area contributed by atoms with E-state index in [0.717, 1.165) is 25.8 Å². The summed E-state index contributed by atoms with van der Waals surface area (Å²) in [5.74, 6) is 0.350. The molecule has 2 aliphatic rings. The number of hydrogen-bond donors (Lipinski definition) is 4. The maximum absolute atomic E-state index is 12.9. The van der Waals surface area contributed by atoms with E-state index in [0.29, 0.717) is 5.92 Å². The first-order valence-corrected chi connectivity index (χ1v) is 11.3. The number of nitrogens with one attached hydrogen (secondary N) is 1. The molecule has 0 radical (unpaired) electrons. The number of alkyl halides is 1. The maximum atomic E-state index is 12.9. The summed E-state index contributed by atoms with van der Waals surface area (Å²) in [4.78, 5) is 14.9. The molecule has 0 aromatic heterocycles. The molecule has 2 rings (SSSR count). The average Bonchev–Trinajstić information content (AvgIpc) is 2.99. The quantitative estimate of drug-likeness (QED) is 0.438. The van der Waals surface area contributed by atoms with Crippen LogP contribution in [0.15, 0.2) is 0 Å². The number of carbonyl (C=O) groups excluding carboxylic acids is 1. The molecular weight excluding hydrogens is 392 g/mol. The van der Waals surface area contributed by atoms with Crippen LogP contribution in [0.5, 0.6) is 0 Å². The molecule has 1 amide bonds. The van der Waals surface area contributed by atoms with Crippen LogP contribution in [0.25, 0.3) is 0 Å². The topological polar surface area (TPSA) is 102 Å². The Bertz CT molecular complexity index is 498. The smallest absolute Gasteiger partial charge is 0.237 e. The molecule has 0 bridgehead atoms. The summed E-state index contributed by atoms with van der Waals surface area (Å²) in [6.45, 7) is 4.74. The first kappa shape index (κ1) is 23.2. The van der Waals surface area contributed by atoms with Crippen molar-refractivity contribution in [2.45, 2.75) is 80.4 Å². The number of hydrogen-bond acceptors (Lipinski definition) is 7. The van der Waals surface area contributed by atoms with Gasteiger partial charge in [-0.25, -0.2) is 0 Å². The summed E-state index contributed by atoms with van der Waals surface area (Å²) in [6.07, 6.45) is -0.0980. The zero-order valence-electron chi connectivity index (χ0n) is 16.4. The van der Waals surface area contributed by atoms with Gasteiger partial charge in [0, 0.05) is 6.54 Å². The first-order chi connectivity index (χ1) is 12.7. The SMILES string of the molecule is CCC[C@H]1CC(C(=O)NC(C(C)Cl)C2O[C@H](SC)C(O)[C@H](O)[C@H]2O)N(C)C1. The van der Waals surface area contributed by atoms with Crippen LogP contribution in [0.1, 0.15) is 33.1 Å². The lowest BCUT2D eigenvalue weighted by atomic mass is 9.92. The Labute approximate surface area is 170 Å². The fourth-order valence-corrected chi connectivity index (χ4v) is 5.00. The van der Waals surface area contributed by atoms with Crippen molar-refractivity contribution in [3.63, 3.8) is 0 Å². The van der Waals surface area contributed by atoms with Crippen molar-refractivity contribution in [1.29, 1.82) is 0 Å².